The Morgan fingerprint density at radius 1 is 0.914 bits per heavy atom. The number of allylic oxidation sites excluding steroid dienone is 5. The van der Waals surface area contributed by atoms with Crippen LogP contribution in [0.2, 0.25) is 0 Å². The van der Waals surface area contributed by atoms with E-state index in [4.69, 9.17) is 4.84 Å². The van der Waals surface area contributed by atoms with Gasteiger partial charge in [-0.25, -0.2) is 13.2 Å². The predicted molar refractivity (Wildman–Crippen MR) is 215 cm³/mol. The molecule has 1 aliphatic carbocycles. The van der Waals surface area contributed by atoms with E-state index in [2.05, 4.69) is 43.6 Å². The Balaban J connectivity index is 1.18. The van der Waals surface area contributed by atoms with Gasteiger partial charge in [0.15, 0.2) is 11.5 Å². The van der Waals surface area contributed by atoms with Gasteiger partial charge in [0.05, 0.1) is 32.6 Å². The number of ketones is 1. The molecule has 0 aromatic heterocycles. The summed E-state index contributed by atoms with van der Waals surface area (Å²) >= 11 is 0. The minimum Gasteiger partial charge on any atom is -0.748 e. The van der Waals surface area contributed by atoms with E-state index in [0.29, 0.717) is 24.4 Å². The van der Waals surface area contributed by atoms with Crippen molar-refractivity contribution >= 4 is 56.7 Å². The van der Waals surface area contributed by atoms with Gasteiger partial charge in [-0.3, -0.25) is 19.2 Å². The lowest BCUT2D eigenvalue weighted by Crippen LogP contribution is -2.51. The third kappa shape index (κ3) is 8.40. The van der Waals surface area contributed by atoms with Gasteiger partial charge in [0.2, 0.25) is 11.6 Å². The van der Waals surface area contributed by atoms with Crippen LogP contribution in [0, 0.1) is 0 Å². The molecule has 3 amide bonds. The Morgan fingerprint density at radius 3 is 2.22 bits per heavy atom. The van der Waals surface area contributed by atoms with Gasteiger partial charge in [-0.15, -0.1) is 5.06 Å². The molecule has 1 fully saturated rings. The minimum absolute atomic E-state index is 0.000637. The number of benzene rings is 2. The summed E-state index contributed by atoms with van der Waals surface area (Å²) in [5.41, 5.74) is 5.56. The largest absolute Gasteiger partial charge is 0.748 e. The van der Waals surface area contributed by atoms with E-state index in [1.165, 1.54) is 0 Å². The first-order chi connectivity index (χ1) is 27.3. The van der Waals surface area contributed by atoms with Crippen LogP contribution in [-0.2, 0) is 49.8 Å². The highest BCUT2D eigenvalue weighted by Crippen LogP contribution is 2.48. The van der Waals surface area contributed by atoms with E-state index >= 15 is 0 Å². The van der Waals surface area contributed by atoms with Gasteiger partial charge in [-0.05, 0) is 50.9 Å². The van der Waals surface area contributed by atoms with E-state index in [1.807, 2.05) is 72.1 Å². The highest BCUT2D eigenvalue weighted by Gasteiger charge is 2.46. The van der Waals surface area contributed by atoms with E-state index in [9.17, 15) is 36.9 Å². The molecule has 3 aliphatic heterocycles. The molecule has 0 bridgehead atoms. The number of carbonyl (C=O) groups excluding carboxylic acids is 5. The van der Waals surface area contributed by atoms with Gasteiger partial charge in [0, 0.05) is 79.5 Å². The Morgan fingerprint density at radius 2 is 1.57 bits per heavy atom. The van der Waals surface area contributed by atoms with Crippen molar-refractivity contribution in [3.05, 3.63) is 94.4 Å². The van der Waals surface area contributed by atoms with Crippen molar-refractivity contribution in [2.75, 3.05) is 44.4 Å². The maximum atomic E-state index is 14.2. The van der Waals surface area contributed by atoms with Gasteiger partial charge in [0.25, 0.3) is 11.8 Å². The van der Waals surface area contributed by atoms with Crippen molar-refractivity contribution in [1.82, 2.24) is 21.0 Å². The number of hydrogen-bond donors (Lipinski definition) is 3. The fourth-order valence-electron chi connectivity index (χ4n) is 8.09. The van der Waals surface area contributed by atoms with E-state index in [-0.39, 0.29) is 55.0 Å². The fourth-order valence-corrected chi connectivity index (χ4v) is 8.73. The Bertz CT molecular complexity index is 2290. The third-order valence-corrected chi connectivity index (χ3v) is 12.0. The summed E-state index contributed by atoms with van der Waals surface area (Å²) in [6, 6.07) is 14.4. The van der Waals surface area contributed by atoms with Crippen molar-refractivity contribution in [2.24, 2.45) is 0 Å². The number of imide groups is 1. The van der Waals surface area contributed by atoms with Crippen molar-refractivity contribution in [3.8, 4) is 0 Å². The van der Waals surface area contributed by atoms with Crippen molar-refractivity contribution in [2.45, 2.75) is 76.7 Å². The monoisotopic (exact) mass is 814 g/mol. The summed E-state index contributed by atoms with van der Waals surface area (Å²) in [5, 5.41) is 9.35. The number of nitrogens with zero attached hydrogens (tertiary/aromatic N) is 3. The van der Waals surface area contributed by atoms with Crippen LogP contribution in [0.3, 0.4) is 0 Å². The summed E-state index contributed by atoms with van der Waals surface area (Å²) in [6.45, 7) is 9.07. The zero-order valence-electron chi connectivity index (χ0n) is 33.6. The quantitative estimate of drug-likeness (QED) is 0.0738. The molecule has 1 atom stereocenters. The number of carbonyl (C=O) groups is 5. The molecule has 3 heterocycles. The molecule has 3 N–H and O–H groups in total. The van der Waals surface area contributed by atoms with Crippen LogP contribution in [0.25, 0.3) is 0 Å². The van der Waals surface area contributed by atoms with E-state index < -0.39 is 56.4 Å². The van der Waals surface area contributed by atoms with Crippen LogP contribution in [0.5, 0.6) is 0 Å². The molecule has 308 valence electrons. The van der Waals surface area contributed by atoms with Gasteiger partial charge in [-0.1, -0.05) is 50.2 Å². The number of amides is 3. The number of anilines is 1. The lowest BCUT2D eigenvalue weighted by Gasteiger charge is -2.32. The van der Waals surface area contributed by atoms with Crippen molar-refractivity contribution in [3.63, 3.8) is 0 Å². The molecular weight excluding hydrogens is 765 g/mol. The molecule has 16 heteroatoms. The second-order valence-corrected chi connectivity index (χ2v) is 17.4. The first-order valence-corrected chi connectivity index (χ1v) is 20.9. The predicted octanol–water partition coefficient (Wildman–Crippen LogP) is 2.75. The Hall–Kier alpha value is -5.45. The average molecular weight is 815 g/mol. The number of nitrogens with one attached hydrogen (secondary N) is 3. The van der Waals surface area contributed by atoms with Crippen LogP contribution in [0.15, 0.2) is 83.2 Å². The van der Waals surface area contributed by atoms with Crippen molar-refractivity contribution in [1.29, 1.82) is 0 Å². The summed E-state index contributed by atoms with van der Waals surface area (Å²) < 4.78 is 38.6. The number of hydroxylamine groups is 2. The Kier molecular flexibility index (Phi) is 11.9. The highest BCUT2D eigenvalue weighted by molar-refractivity contribution is 7.85. The topological polar surface area (TPSA) is 197 Å². The smallest absolute Gasteiger partial charge is 0.333 e. The molecule has 0 saturated carbocycles. The first kappa shape index (κ1) is 42.2. The molecule has 58 heavy (non-hydrogen) atoms. The second kappa shape index (κ2) is 16.4. The minimum atomic E-state index is -4.92. The van der Waals surface area contributed by atoms with E-state index in [0.717, 1.165) is 33.9 Å². The van der Waals surface area contributed by atoms with Crippen LogP contribution >= 0.6 is 0 Å². The van der Waals surface area contributed by atoms with E-state index in [1.54, 1.807) is 12.2 Å². The SMILES string of the molecule is CN1/C(=C\C2=C(NC(CS(=O)(=O)[O-])C(=O)NCCNCCCCC(=O)ON3C(=O)CCC3=O)C(=C/C3=[N+](C)c4ccccc4C3(C)C)/C2=O)C(C)(C)c2ccccc21. The molecule has 15 nitrogen and oxygen atoms in total. The normalized spacial score (nSPS) is 20.2. The molecule has 1 unspecified atom stereocenters. The summed E-state index contributed by atoms with van der Waals surface area (Å²) in [4.78, 5) is 70.0. The molecular formula is C42H50N6O9S. The number of rotatable bonds is 16. The van der Waals surface area contributed by atoms with Gasteiger partial charge >= 0.3 is 5.97 Å². The number of likely N-dealkylation sites (N-methyl/N-ethyl adjacent to an activating group) is 1. The maximum Gasteiger partial charge on any atom is 0.333 e. The summed E-state index contributed by atoms with van der Waals surface area (Å²) in [7, 11) is -1.08. The lowest BCUT2D eigenvalue weighted by atomic mass is 9.77. The van der Waals surface area contributed by atoms with Crippen LogP contribution in [-0.4, -0.2) is 103 Å². The Labute approximate surface area is 338 Å². The van der Waals surface area contributed by atoms with Crippen LogP contribution < -0.4 is 20.9 Å². The summed E-state index contributed by atoms with van der Waals surface area (Å²) in [5.74, 6) is -3.86. The zero-order chi connectivity index (χ0) is 42.2. The molecule has 0 spiro atoms. The summed E-state index contributed by atoms with van der Waals surface area (Å²) in [6.07, 6.45) is 4.56. The number of fused-ring (bicyclic) bond motifs is 2. The highest BCUT2D eigenvalue weighted by atomic mass is 32.2. The van der Waals surface area contributed by atoms with Gasteiger partial charge in [0.1, 0.15) is 13.1 Å². The zero-order valence-corrected chi connectivity index (χ0v) is 34.5. The molecule has 1 saturated heterocycles. The van der Waals surface area contributed by atoms with Crippen LogP contribution in [0.1, 0.15) is 70.9 Å². The molecule has 4 aliphatic rings. The molecule has 6 rings (SSSR count). The molecule has 2 aromatic rings. The number of unbranched alkanes of at least 4 members (excludes halogenated alkanes) is 1. The van der Waals surface area contributed by atoms with Crippen molar-refractivity contribution < 1.29 is 46.4 Å². The third-order valence-electron chi connectivity index (χ3n) is 11.3. The number of hydrogen-bond acceptors (Lipinski definition) is 12. The van der Waals surface area contributed by atoms with Gasteiger partial charge in [-0.2, -0.15) is 4.58 Å². The van der Waals surface area contributed by atoms with Crippen LogP contribution in [0.4, 0.5) is 11.4 Å². The number of Topliss-reactive ketones (excluding diaryl/α,β-unsaturated/α-hetero) is 1. The standard InChI is InChI=1S/C42H50N6O9S/c1-41(2)28-13-7-9-15-31(28)46(5)33(41)23-26-38(27(39(26)52)24-34-42(3,4)29-14-8-10-16-32(29)47(34)6)45-30(25-58(54,55)56)40(53)44-22-21-43-20-12-11-17-37(51)57-48-35(49)18-19-36(48)50/h7-10,13-16,23-24,30,43H,11-12,17-22,25H2,1-6H3,(H2-,44,45,52,53,54,55,56). The number of para-hydroxylation sites is 2. The van der Waals surface area contributed by atoms with Gasteiger partial charge < -0.3 is 30.2 Å². The molecule has 2 aromatic carbocycles. The fraction of sp³-hybridized carbons (Fsp3) is 0.429. The lowest BCUT2D eigenvalue weighted by molar-refractivity contribution is -0.401. The first-order valence-electron chi connectivity index (χ1n) is 19.3. The second-order valence-electron chi connectivity index (χ2n) is 16.0. The maximum absolute atomic E-state index is 14.2. The average Bonchev–Trinajstić information content (AvgIpc) is 3.66. The molecule has 0 radical (unpaired) electrons.